The summed E-state index contributed by atoms with van der Waals surface area (Å²) in [6.07, 6.45) is 3.51. The summed E-state index contributed by atoms with van der Waals surface area (Å²) >= 11 is 5.65. The van der Waals surface area contributed by atoms with Crippen molar-refractivity contribution in [2.75, 3.05) is 0 Å². The van der Waals surface area contributed by atoms with Crippen LogP contribution < -0.4 is 5.32 Å². The third-order valence-corrected chi connectivity index (χ3v) is 4.96. The number of nitrogens with one attached hydrogen (secondary N) is 2. The molecular formula is C19H20N4OS. The standard InChI is InChI=1S/C19H20N4OS/c1-12-10-15(13(2)21-12)18-17(16-7-3-4-8-20-16)22-19(25)23(18)11-14-6-5-9-24-14/h3-10,17-18,21H,11H2,1-2H3,(H,22,25)/t17-,18+/m1/s1. The Bertz CT molecular complexity index is 872. The molecule has 5 nitrogen and oxygen atoms in total. The fraction of sp³-hybridized carbons (Fsp3) is 0.263. The number of hydrogen-bond donors (Lipinski definition) is 2. The van der Waals surface area contributed by atoms with Crippen LogP contribution in [0.15, 0.2) is 53.3 Å². The van der Waals surface area contributed by atoms with Gasteiger partial charge in [0, 0.05) is 17.6 Å². The highest BCUT2D eigenvalue weighted by Gasteiger charge is 2.41. The second-order valence-electron chi connectivity index (χ2n) is 6.37. The number of hydrogen-bond acceptors (Lipinski definition) is 3. The van der Waals surface area contributed by atoms with Crippen LogP contribution in [0.4, 0.5) is 0 Å². The van der Waals surface area contributed by atoms with Gasteiger partial charge in [-0.05, 0) is 62.0 Å². The third kappa shape index (κ3) is 2.93. The maximum atomic E-state index is 5.65. The number of furan rings is 1. The van der Waals surface area contributed by atoms with Crippen LogP contribution in [-0.4, -0.2) is 20.0 Å². The van der Waals surface area contributed by atoms with E-state index in [9.17, 15) is 0 Å². The Balaban J connectivity index is 1.77. The van der Waals surface area contributed by atoms with Crippen LogP contribution in [0.2, 0.25) is 0 Å². The molecule has 1 aliphatic rings. The van der Waals surface area contributed by atoms with Crippen molar-refractivity contribution >= 4 is 17.3 Å². The summed E-state index contributed by atoms with van der Waals surface area (Å²) in [7, 11) is 0. The Morgan fingerprint density at radius 3 is 2.76 bits per heavy atom. The predicted molar refractivity (Wildman–Crippen MR) is 100.0 cm³/mol. The number of nitrogens with zero attached hydrogens (tertiary/aromatic N) is 2. The van der Waals surface area contributed by atoms with E-state index in [-0.39, 0.29) is 12.1 Å². The summed E-state index contributed by atoms with van der Waals surface area (Å²) < 4.78 is 5.55. The van der Waals surface area contributed by atoms with Crippen LogP contribution in [0.1, 0.15) is 40.5 Å². The molecule has 0 aromatic carbocycles. The molecule has 0 unspecified atom stereocenters. The molecule has 2 N–H and O–H groups in total. The molecule has 1 saturated heterocycles. The molecule has 0 saturated carbocycles. The van der Waals surface area contributed by atoms with E-state index in [2.05, 4.69) is 40.1 Å². The van der Waals surface area contributed by atoms with Crippen molar-refractivity contribution in [3.05, 3.63) is 77.3 Å². The van der Waals surface area contributed by atoms with E-state index in [1.165, 1.54) is 5.56 Å². The molecule has 128 valence electrons. The summed E-state index contributed by atoms with van der Waals surface area (Å²) in [5.74, 6) is 0.890. The normalized spacial score (nSPS) is 20.1. The van der Waals surface area contributed by atoms with Gasteiger partial charge in [0.2, 0.25) is 0 Å². The number of H-pyrrole nitrogens is 1. The number of aromatic amines is 1. The number of aromatic nitrogens is 2. The van der Waals surface area contributed by atoms with Gasteiger partial charge < -0.3 is 19.6 Å². The summed E-state index contributed by atoms with van der Waals surface area (Å²) in [6, 6.07) is 12.1. The fourth-order valence-electron chi connectivity index (χ4n) is 3.54. The molecule has 6 heteroatoms. The molecule has 0 amide bonds. The van der Waals surface area contributed by atoms with Crippen LogP contribution in [-0.2, 0) is 6.54 Å². The number of thiocarbonyl (C=S) groups is 1. The first-order valence-corrected chi connectivity index (χ1v) is 8.71. The lowest BCUT2D eigenvalue weighted by Crippen LogP contribution is -2.29. The van der Waals surface area contributed by atoms with Crippen molar-refractivity contribution in [2.24, 2.45) is 0 Å². The summed E-state index contributed by atoms with van der Waals surface area (Å²) in [4.78, 5) is 10.1. The minimum atomic E-state index is -0.00226. The van der Waals surface area contributed by atoms with Gasteiger partial charge >= 0.3 is 0 Å². The van der Waals surface area contributed by atoms with E-state index in [0.717, 1.165) is 28.0 Å². The Labute approximate surface area is 152 Å². The second-order valence-corrected chi connectivity index (χ2v) is 6.75. The van der Waals surface area contributed by atoms with Gasteiger partial charge in [-0.2, -0.15) is 0 Å². The molecule has 3 aromatic heterocycles. The Kier molecular flexibility index (Phi) is 4.05. The fourth-order valence-corrected chi connectivity index (χ4v) is 3.84. The lowest BCUT2D eigenvalue weighted by molar-refractivity contribution is 0.286. The van der Waals surface area contributed by atoms with Crippen molar-refractivity contribution in [1.29, 1.82) is 0 Å². The topological polar surface area (TPSA) is 57.1 Å². The maximum absolute atomic E-state index is 5.65. The van der Waals surface area contributed by atoms with Gasteiger partial charge in [0.25, 0.3) is 0 Å². The lowest BCUT2D eigenvalue weighted by atomic mass is 9.97. The van der Waals surface area contributed by atoms with E-state index >= 15 is 0 Å². The average Bonchev–Trinajstić information content (AvgIpc) is 3.30. The highest BCUT2D eigenvalue weighted by Crippen LogP contribution is 2.40. The van der Waals surface area contributed by atoms with Crippen LogP contribution in [0.5, 0.6) is 0 Å². The molecule has 25 heavy (non-hydrogen) atoms. The minimum absolute atomic E-state index is 0.00226. The van der Waals surface area contributed by atoms with Gasteiger partial charge in [-0.15, -0.1) is 0 Å². The largest absolute Gasteiger partial charge is 0.467 e. The van der Waals surface area contributed by atoms with Gasteiger partial charge in [0.15, 0.2) is 5.11 Å². The van der Waals surface area contributed by atoms with E-state index in [0.29, 0.717) is 6.54 Å². The number of pyridine rings is 1. The first-order valence-electron chi connectivity index (χ1n) is 8.30. The van der Waals surface area contributed by atoms with Gasteiger partial charge in [-0.25, -0.2) is 0 Å². The molecule has 0 spiro atoms. The van der Waals surface area contributed by atoms with Crippen LogP contribution >= 0.6 is 12.2 Å². The van der Waals surface area contributed by atoms with Gasteiger partial charge in [0.1, 0.15) is 5.76 Å². The quantitative estimate of drug-likeness (QED) is 0.700. The predicted octanol–water partition coefficient (Wildman–Crippen LogP) is 3.79. The van der Waals surface area contributed by atoms with E-state index in [1.54, 1.807) is 6.26 Å². The van der Waals surface area contributed by atoms with E-state index < -0.39 is 0 Å². The van der Waals surface area contributed by atoms with Gasteiger partial charge in [0.05, 0.1) is 30.6 Å². The van der Waals surface area contributed by atoms with Crippen LogP contribution in [0.3, 0.4) is 0 Å². The van der Waals surface area contributed by atoms with Crippen molar-refractivity contribution in [1.82, 2.24) is 20.2 Å². The second kappa shape index (κ2) is 6.37. The monoisotopic (exact) mass is 352 g/mol. The number of aryl methyl sites for hydroxylation is 2. The van der Waals surface area contributed by atoms with Crippen molar-refractivity contribution in [3.8, 4) is 0 Å². The molecule has 0 aliphatic carbocycles. The summed E-state index contributed by atoms with van der Waals surface area (Å²) in [5, 5.41) is 4.17. The highest BCUT2D eigenvalue weighted by atomic mass is 32.1. The Hall–Kier alpha value is -2.60. The molecular weight excluding hydrogens is 332 g/mol. The van der Waals surface area contributed by atoms with Crippen LogP contribution in [0.25, 0.3) is 0 Å². The zero-order chi connectivity index (χ0) is 17.4. The molecule has 4 heterocycles. The summed E-state index contributed by atoms with van der Waals surface area (Å²) in [6.45, 7) is 4.80. The zero-order valence-electron chi connectivity index (χ0n) is 14.2. The van der Waals surface area contributed by atoms with Gasteiger partial charge in [-0.3, -0.25) is 4.98 Å². The van der Waals surface area contributed by atoms with E-state index in [1.807, 2.05) is 36.5 Å². The van der Waals surface area contributed by atoms with E-state index in [4.69, 9.17) is 16.6 Å². The number of rotatable bonds is 4. The Morgan fingerprint density at radius 2 is 2.12 bits per heavy atom. The van der Waals surface area contributed by atoms with Gasteiger partial charge in [-0.1, -0.05) is 6.07 Å². The molecule has 1 aliphatic heterocycles. The first kappa shape index (κ1) is 15.9. The molecule has 2 atom stereocenters. The molecule has 1 fully saturated rings. The van der Waals surface area contributed by atoms with Crippen molar-refractivity contribution < 1.29 is 4.42 Å². The average molecular weight is 352 g/mol. The SMILES string of the molecule is Cc1cc([C@H]2[C@@H](c3ccccn3)NC(=S)N2Cc2ccco2)c(C)[nH]1. The van der Waals surface area contributed by atoms with Crippen molar-refractivity contribution in [2.45, 2.75) is 32.5 Å². The lowest BCUT2D eigenvalue weighted by Gasteiger charge is -2.27. The third-order valence-electron chi connectivity index (χ3n) is 4.61. The van der Waals surface area contributed by atoms with Crippen LogP contribution in [0, 0.1) is 13.8 Å². The Morgan fingerprint density at radius 1 is 1.24 bits per heavy atom. The smallest absolute Gasteiger partial charge is 0.170 e. The van der Waals surface area contributed by atoms with Crippen molar-refractivity contribution in [3.63, 3.8) is 0 Å². The molecule has 3 aromatic rings. The zero-order valence-corrected chi connectivity index (χ0v) is 15.0. The molecule has 0 bridgehead atoms. The molecule has 4 rings (SSSR count). The maximum Gasteiger partial charge on any atom is 0.170 e. The highest BCUT2D eigenvalue weighted by molar-refractivity contribution is 7.80. The first-order chi connectivity index (χ1) is 12.1. The molecule has 0 radical (unpaired) electrons. The minimum Gasteiger partial charge on any atom is -0.467 e. The summed E-state index contributed by atoms with van der Waals surface area (Å²) in [5.41, 5.74) is 4.50.